The average Bonchev–Trinajstić information content (AvgIpc) is 2.48. The third kappa shape index (κ3) is 3.95. The minimum atomic E-state index is -3.81. The standard InChI is InChI=1S/C17H25O4P/c1-6-15(14-12-10-9-11-13-14)17(4,5)16(18)22(19,20-7-2)21-8-3/h6,9-13,15H,1,7-8H2,2-5H3/t15-/m1/s1. The van der Waals surface area contributed by atoms with Crippen molar-refractivity contribution in [2.45, 2.75) is 33.6 Å². The predicted octanol–water partition coefficient (Wildman–Crippen LogP) is 4.78. The first-order valence-electron chi connectivity index (χ1n) is 7.45. The fraction of sp³-hybridized carbons (Fsp3) is 0.471. The van der Waals surface area contributed by atoms with Gasteiger partial charge in [0.05, 0.1) is 13.2 Å². The lowest BCUT2D eigenvalue weighted by atomic mass is 9.76. The third-order valence-corrected chi connectivity index (χ3v) is 5.84. The summed E-state index contributed by atoms with van der Waals surface area (Å²) in [4.78, 5) is 12.9. The van der Waals surface area contributed by atoms with E-state index in [1.807, 2.05) is 30.3 Å². The van der Waals surface area contributed by atoms with E-state index in [4.69, 9.17) is 9.05 Å². The van der Waals surface area contributed by atoms with Gasteiger partial charge in [0.15, 0.2) is 0 Å². The SMILES string of the molecule is C=C[C@H](c1ccccc1)C(C)(C)C(=O)P(=O)(OCC)OCC. The zero-order valence-electron chi connectivity index (χ0n) is 13.7. The molecular weight excluding hydrogens is 299 g/mol. The lowest BCUT2D eigenvalue weighted by molar-refractivity contribution is -0.122. The summed E-state index contributed by atoms with van der Waals surface area (Å²) in [5.41, 5.74) is -0.531. The summed E-state index contributed by atoms with van der Waals surface area (Å²) in [7, 11) is -3.81. The van der Waals surface area contributed by atoms with Crippen molar-refractivity contribution >= 4 is 13.1 Å². The molecule has 0 saturated heterocycles. The molecule has 0 N–H and O–H groups in total. The zero-order chi connectivity index (χ0) is 16.8. The quantitative estimate of drug-likeness (QED) is 0.485. The van der Waals surface area contributed by atoms with Crippen LogP contribution in [0.25, 0.3) is 0 Å². The van der Waals surface area contributed by atoms with Crippen LogP contribution in [-0.2, 0) is 18.4 Å². The minimum absolute atomic E-state index is 0.156. The maximum absolute atomic E-state index is 12.9. The Kier molecular flexibility index (Phi) is 6.73. The Hall–Kier alpha value is -1.22. The smallest absolute Gasteiger partial charge is 0.303 e. The molecule has 0 unspecified atom stereocenters. The molecule has 1 atom stereocenters. The second-order valence-electron chi connectivity index (χ2n) is 5.48. The number of hydrogen-bond acceptors (Lipinski definition) is 4. The summed E-state index contributed by atoms with van der Waals surface area (Å²) in [6.07, 6.45) is 1.70. The van der Waals surface area contributed by atoms with Gasteiger partial charge in [0.2, 0.25) is 5.52 Å². The molecule has 0 saturated carbocycles. The van der Waals surface area contributed by atoms with Gasteiger partial charge >= 0.3 is 7.60 Å². The highest BCUT2D eigenvalue weighted by molar-refractivity contribution is 7.72. The summed E-state index contributed by atoms with van der Waals surface area (Å²) < 4.78 is 23.2. The number of rotatable bonds is 9. The van der Waals surface area contributed by atoms with E-state index in [0.717, 1.165) is 5.56 Å². The molecule has 0 radical (unpaired) electrons. The van der Waals surface area contributed by atoms with Crippen molar-refractivity contribution in [3.63, 3.8) is 0 Å². The first kappa shape index (κ1) is 18.8. The molecule has 0 bridgehead atoms. The molecule has 0 fully saturated rings. The number of carbonyl (C=O) groups is 1. The Bertz CT molecular complexity index is 541. The van der Waals surface area contributed by atoms with Crippen molar-refractivity contribution in [3.05, 3.63) is 48.6 Å². The lowest BCUT2D eigenvalue weighted by Gasteiger charge is -2.33. The van der Waals surface area contributed by atoms with Gasteiger partial charge in [0.25, 0.3) is 0 Å². The second-order valence-corrected chi connectivity index (χ2v) is 7.40. The molecule has 0 heterocycles. The van der Waals surface area contributed by atoms with Gasteiger partial charge in [0, 0.05) is 11.3 Å². The molecule has 0 aliphatic heterocycles. The van der Waals surface area contributed by atoms with Crippen LogP contribution in [0.4, 0.5) is 0 Å². The Balaban J connectivity index is 3.21. The molecule has 0 aliphatic carbocycles. The van der Waals surface area contributed by atoms with Crippen molar-refractivity contribution < 1.29 is 18.4 Å². The molecular formula is C17H25O4P. The second kappa shape index (κ2) is 7.87. The molecule has 0 spiro atoms. The van der Waals surface area contributed by atoms with Crippen LogP contribution >= 0.6 is 7.60 Å². The van der Waals surface area contributed by atoms with Crippen LogP contribution in [0, 0.1) is 5.41 Å². The Morgan fingerprint density at radius 2 is 1.73 bits per heavy atom. The lowest BCUT2D eigenvalue weighted by Crippen LogP contribution is -2.31. The van der Waals surface area contributed by atoms with E-state index in [9.17, 15) is 9.36 Å². The van der Waals surface area contributed by atoms with Crippen molar-refractivity contribution in [3.8, 4) is 0 Å². The van der Waals surface area contributed by atoms with Gasteiger partial charge in [0.1, 0.15) is 0 Å². The van der Waals surface area contributed by atoms with Gasteiger partial charge in [-0.1, -0.05) is 50.3 Å². The average molecular weight is 324 g/mol. The molecule has 122 valence electrons. The fourth-order valence-electron chi connectivity index (χ4n) is 2.49. The van der Waals surface area contributed by atoms with Crippen molar-refractivity contribution in [2.24, 2.45) is 5.41 Å². The summed E-state index contributed by atoms with van der Waals surface area (Å²) in [5.74, 6) is -0.282. The van der Waals surface area contributed by atoms with Crippen molar-refractivity contribution in [1.29, 1.82) is 0 Å². The number of hydrogen-bond donors (Lipinski definition) is 0. The van der Waals surface area contributed by atoms with E-state index in [-0.39, 0.29) is 19.1 Å². The van der Waals surface area contributed by atoms with Crippen molar-refractivity contribution in [2.75, 3.05) is 13.2 Å². The van der Waals surface area contributed by atoms with Crippen LogP contribution in [0.2, 0.25) is 0 Å². The monoisotopic (exact) mass is 324 g/mol. The molecule has 22 heavy (non-hydrogen) atoms. The number of carbonyl (C=O) groups excluding carboxylic acids is 1. The minimum Gasteiger partial charge on any atom is -0.303 e. The topological polar surface area (TPSA) is 52.6 Å². The molecule has 1 aromatic carbocycles. The van der Waals surface area contributed by atoms with E-state index in [0.29, 0.717) is 0 Å². The van der Waals surface area contributed by atoms with Gasteiger partial charge in [-0.25, -0.2) is 0 Å². The molecule has 0 aromatic heterocycles. The maximum Gasteiger partial charge on any atom is 0.397 e. The van der Waals surface area contributed by atoms with Gasteiger partial charge in [-0.15, -0.1) is 6.58 Å². The largest absolute Gasteiger partial charge is 0.397 e. The van der Waals surface area contributed by atoms with E-state index in [1.165, 1.54) is 0 Å². The number of benzene rings is 1. The van der Waals surface area contributed by atoms with Gasteiger partial charge in [-0.2, -0.15) is 0 Å². The van der Waals surface area contributed by atoms with Crippen LogP contribution < -0.4 is 0 Å². The summed E-state index contributed by atoms with van der Waals surface area (Å²) in [5, 5.41) is 0. The van der Waals surface area contributed by atoms with Crippen LogP contribution in [0.1, 0.15) is 39.2 Å². The van der Waals surface area contributed by atoms with Crippen LogP contribution in [-0.4, -0.2) is 18.7 Å². The van der Waals surface area contributed by atoms with E-state index < -0.39 is 18.5 Å². The third-order valence-electron chi connectivity index (χ3n) is 3.57. The molecule has 0 amide bonds. The first-order chi connectivity index (χ1) is 10.3. The fourth-order valence-corrected chi connectivity index (χ4v) is 4.32. The Labute approximate surface area is 133 Å². The summed E-state index contributed by atoms with van der Waals surface area (Å²) in [6, 6.07) is 9.55. The molecule has 4 nitrogen and oxygen atoms in total. The predicted molar refractivity (Wildman–Crippen MR) is 89.0 cm³/mol. The van der Waals surface area contributed by atoms with E-state index in [2.05, 4.69) is 6.58 Å². The summed E-state index contributed by atoms with van der Waals surface area (Å²) in [6.45, 7) is 11.0. The van der Waals surface area contributed by atoms with Crippen LogP contribution in [0.5, 0.6) is 0 Å². The molecule has 0 aliphatic rings. The first-order valence-corrected chi connectivity index (χ1v) is 8.99. The molecule has 5 heteroatoms. The zero-order valence-corrected chi connectivity index (χ0v) is 14.6. The highest BCUT2D eigenvalue weighted by atomic mass is 31.2. The molecule has 1 aromatic rings. The van der Waals surface area contributed by atoms with Crippen molar-refractivity contribution in [1.82, 2.24) is 0 Å². The van der Waals surface area contributed by atoms with Crippen LogP contribution in [0.3, 0.4) is 0 Å². The van der Waals surface area contributed by atoms with Gasteiger partial charge < -0.3 is 9.05 Å². The van der Waals surface area contributed by atoms with E-state index in [1.54, 1.807) is 33.8 Å². The Morgan fingerprint density at radius 1 is 1.23 bits per heavy atom. The van der Waals surface area contributed by atoms with Crippen LogP contribution in [0.15, 0.2) is 43.0 Å². The van der Waals surface area contributed by atoms with Gasteiger partial charge in [-0.3, -0.25) is 9.36 Å². The summed E-state index contributed by atoms with van der Waals surface area (Å²) >= 11 is 0. The van der Waals surface area contributed by atoms with Gasteiger partial charge in [-0.05, 0) is 19.4 Å². The van der Waals surface area contributed by atoms with E-state index >= 15 is 0 Å². The normalized spacial score (nSPS) is 13.6. The molecule has 1 rings (SSSR count). The highest BCUT2D eigenvalue weighted by Gasteiger charge is 2.48. The highest BCUT2D eigenvalue weighted by Crippen LogP contribution is 2.57. The maximum atomic E-state index is 12.9. The Morgan fingerprint density at radius 3 is 2.14 bits per heavy atom. The number of allylic oxidation sites excluding steroid dienone is 1.